The molecule has 1 nitrogen and oxygen atoms in total. The molecule has 0 fully saturated rings. The van der Waals surface area contributed by atoms with E-state index in [2.05, 4.69) is 27.7 Å². The normalized spacial score (nSPS) is 15.5. The summed E-state index contributed by atoms with van der Waals surface area (Å²) in [7, 11) is 0. The molecule has 0 aliphatic carbocycles. The van der Waals surface area contributed by atoms with Crippen molar-refractivity contribution in [1.29, 1.82) is 0 Å². The second kappa shape index (κ2) is 6.27. The molecule has 0 radical (unpaired) electrons. The first-order valence-electron chi connectivity index (χ1n) is 6.39. The van der Waals surface area contributed by atoms with Crippen molar-refractivity contribution in [3.8, 4) is 0 Å². The molecule has 0 aliphatic rings. The Morgan fingerprint density at radius 1 is 1.22 bits per heavy atom. The van der Waals surface area contributed by atoms with E-state index in [9.17, 15) is 0 Å². The molecule has 0 spiro atoms. The zero-order chi connectivity index (χ0) is 13.9. The van der Waals surface area contributed by atoms with Crippen LogP contribution >= 0.6 is 23.2 Å². The van der Waals surface area contributed by atoms with Gasteiger partial charge in [-0.25, -0.2) is 0 Å². The van der Waals surface area contributed by atoms with Gasteiger partial charge in [0.15, 0.2) is 0 Å². The Hall–Kier alpha value is -0.240. The Kier molecular flexibility index (Phi) is 5.51. The lowest BCUT2D eigenvalue weighted by Gasteiger charge is -2.25. The van der Waals surface area contributed by atoms with Crippen LogP contribution in [0.4, 0.5) is 0 Å². The highest BCUT2D eigenvalue weighted by atomic mass is 35.5. The molecule has 0 amide bonds. The zero-order valence-corrected chi connectivity index (χ0v) is 13.1. The summed E-state index contributed by atoms with van der Waals surface area (Å²) >= 11 is 12.1. The standard InChI is InChI=1S/C15H23Cl2N/c1-10(9-15(2,3)4)7-14(18)12-6-5-11(16)8-13(12)17/h5-6,8,10,14H,7,9,18H2,1-4H3. The third kappa shape index (κ3) is 5.17. The summed E-state index contributed by atoms with van der Waals surface area (Å²) in [6.45, 7) is 9.01. The van der Waals surface area contributed by atoms with Gasteiger partial charge in [0.1, 0.15) is 0 Å². The lowest BCUT2D eigenvalue weighted by Crippen LogP contribution is -2.18. The Labute approximate surface area is 121 Å². The maximum atomic E-state index is 6.24. The monoisotopic (exact) mass is 287 g/mol. The van der Waals surface area contributed by atoms with E-state index >= 15 is 0 Å². The maximum Gasteiger partial charge on any atom is 0.0468 e. The van der Waals surface area contributed by atoms with E-state index in [0.717, 1.165) is 18.4 Å². The van der Waals surface area contributed by atoms with Crippen LogP contribution in [-0.4, -0.2) is 0 Å². The molecule has 1 aromatic carbocycles. The van der Waals surface area contributed by atoms with E-state index in [0.29, 0.717) is 21.4 Å². The summed E-state index contributed by atoms with van der Waals surface area (Å²) in [6, 6.07) is 5.51. The van der Waals surface area contributed by atoms with Gasteiger partial charge in [0.25, 0.3) is 0 Å². The Balaban J connectivity index is 2.67. The van der Waals surface area contributed by atoms with Crippen LogP contribution in [-0.2, 0) is 0 Å². The quantitative estimate of drug-likeness (QED) is 0.782. The van der Waals surface area contributed by atoms with Crippen LogP contribution in [0, 0.1) is 11.3 Å². The van der Waals surface area contributed by atoms with Gasteiger partial charge < -0.3 is 5.73 Å². The fraction of sp³-hybridized carbons (Fsp3) is 0.600. The lowest BCUT2D eigenvalue weighted by atomic mass is 9.82. The summed E-state index contributed by atoms with van der Waals surface area (Å²) in [4.78, 5) is 0. The van der Waals surface area contributed by atoms with Crippen LogP contribution in [0.15, 0.2) is 18.2 Å². The predicted molar refractivity (Wildman–Crippen MR) is 81.2 cm³/mol. The van der Waals surface area contributed by atoms with E-state index in [1.807, 2.05) is 12.1 Å². The van der Waals surface area contributed by atoms with Gasteiger partial charge in [-0.15, -0.1) is 0 Å². The van der Waals surface area contributed by atoms with Crippen LogP contribution in [0.5, 0.6) is 0 Å². The third-order valence-corrected chi connectivity index (χ3v) is 3.54. The molecule has 0 saturated heterocycles. The van der Waals surface area contributed by atoms with Gasteiger partial charge in [-0.2, -0.15) is 0 Å². The van der Waals surface area contributed by atoms with Crippen molar-refractivity contribution >= 4 is 23.2 Å². The smallest absolute Gasteiger partial charge is 0.0468 e. The minimum absolute atomic E-state index is 0.0212. The number of hydrogen-bond donors (Lipinski definition) is 1. The van der Waals surface area contributed by atoms with Crippen molar-refractivity contribution in [2.75, 3.05) is 0 Å². The molecule has 2 atom stereocenters. The molecule has 102 valence electrons. The molecule has 1 rings (SSSR count). The van der Waals surface area contributed by atoms with Crippen LogP contribution < -0.4 is 5.73 Å². The minimum Gasteiger partial charge on any atom is -0.324 e. The van der Waals surface area contributed by atoms with Crippen molar-refractivity contribution in [2.45, 2.75) is 46.6 Å². The van der Waals surface area contributed by atoms with Gasteiger partial charge in [-0.3, -0.25) is 0 Å². The average Bonchev–Trinajstić information content (AvgIpc) is 2.13. The van der Waals surface area contributed by atoms with E-state index < -0.39 is 0 Å². The Morgan fingerprint density at radius 3 is 2.33 bits per heavy atom. The molecule has 1 aromatic rings. The second-order valence-corrected chi connectivity index (χ2v) is 7.22. The minimum atomic E-state index is -0.0212. The van der Waals surface area contributed by atoms with Crippen molar-refractivity contribution in [1.82, 2.24) is 0 Å². The van der Waals surface area contributed by atoms with Crippen LogP contribution in [0.3, 0.4) is 0 Å². The van der Waals surface area contributed by atoms with E-state index in [1.165, 1.54) is 0 Å². The van der Waals surface area contributed by atoms with Gasteiger partial charge in [-0.05, 0) is 41.9 Å². The van der Waals surface area contributed by atoms with Crippen molar-refractivity contribution in [3.05, 3.63) is 33.8 Å². The number of nitrogens with two attached hydrogens (primary N) is 1. The summed E-state index contributed by atoms with van der Waals surface area (Å²) < 4.78 is 0. The highest BCUT2D eigenvalue weighted by Crippen LogP contribution is 2.32. The largest absolute Gasteiger partial charge is 0.324 e. The molecule has 3 heteroatoms. The van der Waals surface area contributed by atoms with Crippen molar-refractivity contribution < 1.29 is 0 Å². The first-order valence-corrected chi connectivity index (χ1v) is 7.15. The summed E-state index contributed by atoms with van der Waals surface area (Å²) in [5, 5.41) is 1.32. The zero-order valence-electron chi connectivity index (χ0n) is 11.6. The van der Waals surface area contributed by atoms with Crippen LogP contribution in [0.2, 0.25) is 10.0 Å². The first-order chi connectivity index (χ1) is 8.19. The molecule has 2 unspecified atom stereocenters. The number of halogens is 2. The van der Waals surface area contributed by atoms with E-state index in [-0.39, 0.29) is 6.04 Å². The third-order valence-electron chi connectivity index (χ3n) is 2.98. The summed E-state index contributed by atoms with van der Waals surface area (Å²) in [5.41, 5.74) is 7.56. The number of rotatable bonds is 4. The number of benzene rings is 1. The molecular formula is C15H23Cl2N. The topological polar surface area (TPSA) is 26.0 Å². The Bertz CT molecular complexity index is 396. The number of hydrogen-bond acceptors (Lipinski definition) is 1. The van der Waals surface area contributed by atoms with Gasteiger partial charge in [-0.1, -0.05) is 57.0 Å². The molecular weight excluding hydrogens is 265 g/mol. The van der Waals surface area contributed by atoms with Gasteiger partial charge in [0.05, 0.1) is 0 Å². The fourth-order valence-corrected chi connectivity index (χ4v) is 3.04. The van der Waals surface area contributed by atoms with Crippen molar-refractivity contribution in [3.63, 3.8) is 0 Å². The van der Waals surface area contributed by atoms with Crippen molar-refractivity contribution in [2.24, 2.45) is 17.1 Å². The SMILES string of the molecule is CC(CC(N)c1ccc(Cl)cc1Cl)CC(C)(C)C. The van der Waals surface area contributed by atoms with Crippen LogP contribution in [0.1, 0.15) is 52.1 Å². The summed E-state index contributed by atoms with van der Waals surface area (Å²) in [5.74, 6) is 0.576. The molecule has 0 bridgehead atoms. The molecule has 0 saturated carbocycles. The Morgan fingerprint density at radius 2 is 1.83 bits per heavy atom. The van der Waals surface area contributed by atoms with Gasteiger partial charge >= 0.3 is 0 Å². The van der Waals surface area contributed by atoms with E-state index in [1.54, 1.807) is 6.07 Å². The molecule has 0 aromatic heterocycles. The summed E-state index contributed by atoms with van der Waals surface area (Å²) in [6.07, 6.45) is 2.10. The lowest BCUT2D eigenvalue weighted by molar-refractivity contribution is 0.286. The average molecular weight is 288 g/mol. The molecule has 0 heterocycles. The molecule has 0 aliphatic heterocycles. The highest BCUT2D eigenvalue weighted by molar-refractivity contribution is 6.35. The van der Waals surface area contributed by atoms with Gasteiger partial charge in [0, 0.05) is 16.1 Å². The maximum absolute atomic E-state index is 6.24. The molecule has 18 heavy (non-hydrogen) atoms. The van der Waals surface area contributed by atoms with Gasteiger partial charge in [0.2, 0.25) is 0 Å². The fourth-order valence-electron chi connectivity index (χ4n) is 2.49. The predicted octanol–water partition coefficient (Wildman–Crippen LogP) is 5.46. The van der Waals surface area contributed by atoms with Crippen LogP contribution in [0.25, 0.3) is 0 Å². The second-order valence-electron chi connectivity index (χ2n) is 6.38. The highest BCUT2D eigenvalue weighted by Gasteiger charge is 2.19. The van der Waals surface area contributed by atoms with E-state index in [4.69, 9.17) is 28.9 Å². The molecule has 2 N–H and O–H groups in total. The first kappa shape index (κ1) is 15.8.